The highest BCUT2D eigenvalue weighted by molar-refractivity contribution is 5.81. The average molecular weight is 426 g/mol. The van der Waals surface area contributed by atoms with Crippen molar-refractivity contribution in [3.8, 4) is 22.3 Å². The Morgan fingerprint density at radius 1 is 0.424 bits per heavy atom. The zero-order chi connectivity index (χ0) is 22.6. The van der Waals surface area contributed by atoms with Gasteiger partial charge in [-0.05, 0) is 72.0 Å². The van der Waals surface area contributed by atoms with E-state index in [9.17, 15) is 0 Å². The van der Waals surface area contributed by atoms with Gasteiger partial charge in [0.2, 0.25) is 0 Å². The molecule has 1 nitrogen and oxygen atoms in total. The molecule has 0 radical (unpaired) electrons. The summed E-state index contributed by atoms with van der Waals surface area (Å²) in [5, 5.41) is 0. The van der Waals surface area contributed by atoms with Crippen LogP contribution in [0.25, 0.3) is 22.3 Å². The molecule has 0 saturated carbocycles. The van der Waals surface area contributed by atoms with Crippen LogP contribution < -0.4 is 4.90 Å². The van der Waals surface area contributed by atoms with E-state index in [0.717, 1.165) is 11.4 Å². The summed E-state index contributed by atoms with van der Waals surface area (Å²) in [6.07, 6.45) is 0. The van der Waals surface area contributed by atoms with Crippen molar-refractivity contribution in [3.05, 3.63) is 139 Å². The monoisotopic (exact) mass is 425 g/mol. The Morgan fingerprint density at radius 3 is 1.27 bits per heavy atom. The fraction of sp³-hybridized carbons (Fsp3) is 0.0625. The molecule has 0 heterocycles. The van der Waals surface area contributed by atoms with Crippen LogP contribution in [0.15, 0.2) is 127 Å². The molecule has 33 heavy (non-hydrogen) atoms. The highest BCUT2D eigenvalue weighted by Gasteiger charge is 2.15. The van der Waals surface area contributed by atoms with Gasteiger partial charge in [-0.15, -0.1) is 0 Å². The van der Waals surface area contributed by atoms with E-state index in [1.54, 1.807) is 0 Å². The van der Waals surface area contributed by atoms with Crippen molar-refractivity contribution in [1.82, 2.24) is 0 Å². The number of rotatable bonds is 5. The fourth-order valence-electron chi connectivity index (χ4n) is 4.35. The summed E-state index contributed by atoms with van der Waals surface area (Å²) in [6, 6.07) is 45.4. The third-order valence-electron chi connectivity index (χ3n) is 6.06. The van der Waals surface area contributed by atoms with Crippen molar-refractivity contribution in [3.63, 3.8) is 0 Å². The Labute approximate surface area is 196 Å². The van der Waals surface area contributed by atoms with Crippen LogP contribution in [-0.2, 0) is 0 Å². The van der Waals surface area contributed by atoms with Gasteiger partial charge in [0.1, 0.15) is 0 Å². The Morgan fingerprint density at radius 2 is 0.848 bits per heavy atom. The summed E-state index contributed by atoms with van der Waals surface area (Å²) in [7, 11) is 0. The van der Waals surface area contributed by atoms with E-state index in [2.05, 4.69) is 146 Å². The molecule has 0 saturated heterocycles. The number of nitrogens with zero attached hydrogens (tertiary/aromatic N) is 1. The van der Waals surface area contributed by atoms with Crippen LogP contribution in [0.4, 0.5) is 17.1 Å². The average Bonchev–Trinajstić information content (AvgIpc) is 2.87. The number of anilines is 3. The van der Waals surface area contributed by atoms with E-state index in [4.69, 9.17) is 0 Å². The lowest BCUT2D eigenvalue weighted by atomic mass is 10.0. The van der Waals surface area contributed by atoms with Gasteiger partial charge < -0.3 is 4.90 Å². The molecule has 0 aliphatic carbocycles. The number of hydrogen-bond donors (Lipinski definition) is 0. The molecular weight excluding hydrogens is 398 g/mol. The Bertz CT molecular complexity index is 1250. The van der Waals surface area contributed by atoms with Crippen molar-refractivity contribution >= 4 is 17.1 Å². The van der Waals surface area contributed by atoms with Crippen LogP contribution >= 0.6 is 0 Å². The summed E-state index contributed by atoms with van der Waals surface area (Å²) in [5.41, 5.74) is 10.9. The first-order chi connectivity index (χ1) is 16.2. The highest BCUT2D eigenvalue weighted by atomic mass is 15.1. The van der Waals surface area contributed by atoms with Gasteiger partial charge in [-0.3, -0.25) is 0 Å². The predicted molar refractivity (Wildman–Crippen MR) is 141 cm³/mol. The second-order valence-electron chi connectivity index (χ2n) is 8.45. The number of benzene rings is 5. The topological polar surface area (TPSA) is 3.24 Å². The number of hydrogen-bond acceptors (Lipinski definition) is 1. The molecular formula is C32H27N. The van der Waals surface area contributed by atoms with E-state index in [1.165, 1.54) is 39.1 Å². The normalized spacial score (nSPS) is 10.7. The molecule has 0 fully saturated rings. The summed E-state index contributed by atoms with van der Waals surface area (Å²) in [6.45, 7) is 4.33. The third kappa shape index (κ3) is 4.44. The minimum atomic E-state index is 1.15. The predicted octanol–water partition coefficient (Wildman–Crippen LogP) is 9.11. The van der Waals surface area contributed by atoms with E-state index in [-0.39, 0.29) is 0 Å². The van der Waals surface area contributed by atoms with Crippen LogP contribution in [-0.4, -0.2) is 0 Å². The summed E-state index contributed by atoms with van der Waals surface area (Å²) < 4.78 is 0. The van der Waals surface area contributed by atoms with Gasteiger partial charge in [-0.25, -0.2) is 0 Å². The molecule has 0 aliphatic heterocycles. The zero-order valence-corrected chi connectivity index (χ0v) is 19.1. The van der Waals surface area contributed by atoms with E-state index >= 15 is 0 Å². The van der Waals surface area contributed by atoms with Crippen LogP contribution in [0.5, 0.6) is 0 Å². The summed E-state index contributed by atoms with van der Waals surface area (Å²) >= 11 is 0. The molecule has 0 atom stereocenters. The van der Waals surface area contributed by atoms with E-state index < -0.39 is 0 Å². The lowest BCUT2D eigenvalue weighted by molar-refractivity contribution is 1.24. The van der Waals surface area contributed by atoms with E-state index in [0.29, 0.717) is 0 Å². The molecule has 160 valence electrons. The summed E-state index contributed by atoms with van der Waals surface area (Å²) in [5.74, 6) is 0. The van der Waals surface area contributed by atoms with Crippen LogP contribution in [0.3, 0.4) is 0 Å². The summed E-state index contributed by atoms with van der Waals surface area (Å²) in [4.78, 5) is 2.35. The molecule has 0 spiro atoms. The minimum Gasteiger partial charge on any atom is -0.310 e. The second kappa shape index (κ2) is 9.18. The van der Waals surface area contributed by atoms with Gasteiger partial charge >= 0.3 is 0 Å². The van der Waals surface area contributed by atoms with Gasteiger partial charge in [0, 0.05) is 17.1 Å². The Balaban J connectivity index is 1.57. The SMILES string of the molecule is Cc1ccc(N(c2ccc(-c3ccccc3)cc2)c2ccc(-c3ccccc3)cc2)c(C)c1. The van der Waals surface area contributed by atoms with Crippen molar-refractivity contribution in [2.75, 3.05) is 4.90 Å². The Kier molecular flexibility index (Phi) is 5.78. The second-order valence-corrected chi connectivity index (χ2v) is 8.45. The smallest absolute Gasteiger partial charge is 0.0490 e. The molecule has 0 unspecified atom stereocenters. The maximum absolute atomic E-state index is 2.35. The van der Waals surface area contributed by atoms with Gasteiger partial charge in [0.15, 0.2) is 0 Å². The molecule has 0 N–H and O–H groups in total. The van der Waals surface area contributed by atoms with E-state index in [1.807, 2.05) is 0 Å². The lowest BCUT2D eigenvalue weighted by Gasteiger charge is -2.27. The Hall–Kier alpha value is -4.10. The lowest BCUT2D eigenvalue weighted by Crippen LogP contribution is -2.11. The van der Waals surface area contributed by atoms with Crippen molar-refractivity contribution in [1.29, 1.82) is 0 Å². The van der Waals surface area contributed by atoms with Crippen LogP contribution in [0.1, 0.15) is 11.1 Å². The molecule has 0 aromatic heterocycles. The molecule has 0 amide bonds. The zero-order valence-electron chi connectivity index (χ0n) is 19.1. The maximum Gasteiger partial charge on any atom is 0.0490 e. The quantitative estimate of drug-likeness (QED) is 0.271. The van der Waals surface area contributed by atoms with Crippen LogP contribution in [0.2, 0.25) is 0 Å². The van der Waals surface area contributed by atoms with Crippen molar-refractivity contribution in [2.24, 2.45) is 0 Å². The van der Waals surface area contributed by atoms with Gasteiger partial charge in [0.25, 0.3) is 0 Å². The first-order valence-electron chi connectivity index (χ1n) is 11.4. The van der Waals surface area contributed by atoms with Gasteiger partial charge in [-0.2, -0.15) is 0 Å². The largest absolute Gasteiger partial charge is 0.310 e. The van der Waals surface area contributed by atoms with Crippen molar-refractivity contribution in [2.45, 2.75) is 13.8 Å². The molecule has 0 aliphatic rings. The highest BCUT2D eigenvalue weighted by Crippen LogP contribution is 2.38. The third-order valence-corrected chi connectivity index (χ3v) is 6.06. The molecule has 0 bridgehead atoms. The molecule has 5 rings (SSSR count). The molecule has 5 aromatic carbocycles. The minimum absolute atomic E-state index is 1.15. The van der Waals surface area contributed by atoms with Gasteiger partial charge in [-0.1, -0.05) is 103 Å². The van der Waals surface area contributed by atoms with Crippen LogP contribution in [0, 0.1) is 13.8 Å². The first-order valence-corrected chi connectivity index (χ1v) is 11.4. The number of aryl methyl sites for hydroxylation is 2. The molecule has 5 aromatic rings. The fourth-order valence-corrected chi connectivity index (χ4v) is 4.35. The molecule has 1 heteroatoms. The van der Waals surface area contributed by atoms with Gasteiger partial charge in [0.05, 0.1) is 0 Å². The first kappa shape index (κ1) is 20.8. The maximum atomic E-state index is 2.35. The van der Waals surface area contributed by atoms with Crippen molar-refractivity contribution < 1.29 is 0 Å². The standard InChI is InChI=1S/C32H27N/c1-24-13-22-32(25(2)23-24)33(30-18-14-28(15-19-30)26-9-5-3-6-10-26)31-20-16-29(17-21-31)27-11-7-4-8-12-27/h3-23H,1-2H3.